The number of rotatable bonds is 5. The molecule has 2 unspecified atom stereocenters. The highest BCUT2D eigenvalue weighted by molar-refractivity contribution is 5.74. The summed E-state index contributed by atoms with van der Waals surface area (Å²) in [6, 6.07) is 3.91. The SMILES string of the molecule is CC1(CO)CCCC1NC(=O)NCc1ccc(N2CCCC2)nc1. The van der Waals surface area contributed by atoms with E-state index in [1.54, 1.807) is 0 Å². The third-order valence-corrected chi connectivity index (χ3v) is 5.44. The van der Waals surface area contributed by atoms with Crippen LogP contribution in [0.1, 0.15) is 44.6 Å². The van der Waals surface area contributed by atoms with Crippen LogP contribution >= 0.6 is 0 Å². The monoisotopic (exact) mass is 332 g/mol. The average molecular weight is 332 g/mol. The lowest BCUT2D eigenvalue weighted by Gasteiger charge is -2.30. The van der Waals surface area contributed by atoms with Crippen molar-refractivity contribution in [2.45, 2.75) is 51.6 Å². The average Bonchev–Trinajstić information content (AvgIpc) is 3.25. The fourth-order valence-electron chi connectivity index (χ4n) is 3.71. The van der Waals surface area contributed by atoms with E-state index < -0.39 is 0 Å². The number of hydrogen-bond donors (Lipinski definition) is 3. The summed E-state index contributed by atoms with van der Waals surface area (Å²) in [5.41, 5.74) is 0.792. The van der Waals surface area contributed by atoms with E-state index in [-0.39, 0.29) is 24.1 Å². The number of hydrogen-bond acceptors (Lipinski definition) is 4. The Morgan fingerprint density at radius 2 is 2.17 bits per heavy atom. The summed E-state index contributed by atoms with van der Waals surface area (Å²) in [5, 5.41) is 15.4. The summed E-state index contributed by atoms with van der Waals surface area (Å²) in [4.78, 5) is 18.9. The Kier molecular flexibility index (Phi) is 5.23. The van der Waals surface area contributed by atoms with Crippen LogP contribution in [0.25, 0.3) is 0 Å². The molecule has 6 heteroatoms. The van der Waals surface area contributed by atoms with E-state index in [9.17, 15) is 9.90 Å². The summed E-state index contributed by atoms with van der Waals surface area (Å²) in [5.74, 6) is 1.02. The van der Waals surface area contributed by atoms with Crippen molar-refractivity contribution in [1.29, 1.82) is 0 Å². The second kappa shape index (κ2) is 7.38. The van der Waals surface area contributed by atoms with Gasteiger partial charge in [-0.3, -0.25) is 0 Å². The molecule has 0 bridgehead atoms. The molecule has 0 radical (unpaired) electrons. The Morgan fingerprint density at radius 3 is 2.83 bits per heavy atom. The van der Waals surface area contributed by atoms with Gasteiger partial charge in [0.1, 0.15) is 5.82 Å². The standard InChI is InChI=1S/C18H28N4O2/c1-18(13-23)8-4-5-15(18)21-17(24)20-12-14-6-7-16(19-11-14)22-9-2-3-10-22/h6-7,11,15,23H,2-5,8-10,12-13H2,1H3,(H2,20,21,24). The van der Waals surface area contributed by atoms with Gasteiger partial charge in [0.05, 0.1) is 6.61 Å². The molecular formula is C18H28N4O2. The number of anilines is 1. The zero-order valence-corrected chi connectivity index (χ0v) is 14.4. The molecule has 3 rings (SSSR count). The van der Waals surface area contributed by atoms with Crippen LogP contribution in [0.15, 0.2) is 18.3 Å². The van der Waals surface area contributed by atoms with Gasteiger partial charge in [0.25, 0.3) is 0 Å². The number of amides is 2. The number of urea groups is 1. The molecule has 24 heavy (non-hydrogen) atoms. The van der Waals surface area contributed by atoms with Crippen molar-refractivity contribution in [3.63, 3.8) is 0 Å². The summed E-state index contributed by atoms with van der Waals surface area (Å²) in [7, 11) is 0. The van der Waals surface area contributed by atoms with Gasteiger partial charge in [0.2, 0.25) is 0 Å². The molecule has 0 spiro atoms. The highest BCUT2D eigenvalue weighted by Crippen LogP contribution is 2.37. The molecule has 2 fully saturated rings. The first-order chi connectivity index (χ1) is 11.6. The van der Waals surface area contributed by atoms with Gasteiger partial charge in [-0.05, 0) is 37.3 Å². The summed E-state index contributed by atoms with van der Waals surface area (Å²) < 4.78 is 0. The highest BCUT2D eigenvalue weighted by atomic mass is 16.3. The fourth-order valence-corrected chi connectivity index (χ4v) is 3.71. The van der Waals surface area contributed by atoms with E-state index in [0.29, 0.717) is 6.54 Å². The Hall–Kier alpha value is -1.82. The van der Waals surface area contributed by atoms with Crippen LogP contribution in [0, 0.1) is 5.41 Å². The number of carbonyl (C=O) groups excluding carboxylic acids is 1. The highest BCUT2D eigenvalue weighted by Gasteiger charge is 2.39. The van der Waals surface area contributed by atoms with Crippen LogP contribution in [0.4, 0.5) is 10.6 Å². The lowest BCUT2D eigenvalue weighted by atomic mass is 9.86. The molecule has 2 aliphatic rings. The number of aliphatic hydroxyl groups excluding tert-OH is 1. The van der Waals surface area contributed by atoms with Crippen LogP contribution in [0.3, 0.4) is 0 Å². The number of pyridine rings is 1. The molecule has 1 saturated heterocycles. The first-order valence-electron chi connectivity index (χ1n) is 8.96. The Labute approximate surface area is 143 Å². The maximum absolute atomic E-state index is 12.1. The van der Waals surface area contributed by atoms with Crippen LogP contribution in [0.2, 0.25) is 0 Å². The molecule has 2 atom stereocenters. The van der Waals surface area contributed by atoms with Gasteiger partial charge < -0.3 is 20.6 Å². The van der Waals surface area contributed by atoms with Gasteiger partial charge in [0.15, 0.2) is 0 Å². The van der Waals surface area contributed by atoms with Crippen molar-refractivity contribution in [2.75, 3.05) is 24.6 Å². The Balaban J connectivity index is 1.47. The van der Waals surface area contributed by atoms with Crippen molar-refractivity contribution in [3.8, 4) is 0 Å². The van der Waals surface area contributed by atoms with E-state index >= 15 is 0 Å². The zero-order valence-electron chi connectivity index (χ0n) is 14.4. The van der Waals surface area contributed by atoms with E-state index in [2.05, 4.69) is 20.5 Å². The predicted octanol–water partition coefficient (Wildman–Crippen LogP) is 2.03. The van der Waals surface area contributed by atoms with Gasteiger partial charge in [-0.1, -0.05) is 19.4 Å². The molecule has 1 aromatic rings. The minimum atomic E-state index is -0.198. The van der Waals surface area contributed by atoms with Crippen LogP contribution < -0.4 is 15.5 Å². The van der Waals surface area contributed by atoms with Crippen LogP contribution in [0.5, 0.6) is 0 Å². The lowest BCUT2D eigenvalue weighted by Crippen LogP contribution is -2.48. The predicted molar refractivity (Wildman–Crippen MR) is 93.9 cm³/mol. The number of nitrogens with zero attached hydrogens (tertiary/aromatic N) is 2. The van der Waals surface area contributed by atoms with Crippen molar-refractivity contribution < 1.29 is 9.90 Å². The zero-order chi connectivity index (χ0) is 17.0. The van der Waals surface area contributed by atoms with Crippen molar-refractivity contribution in [3.05, 3.63) is 23.9 Å². The minimum absolute atomic E-state index is 0.0400. The van der Waals surface area contributed by atoms with E-state index in [1.165, 1.54) is 12.8 Å². The normalized spacial score (nSPS) is 26.6. The van der Waals surface area contributed by atoms with E-state index in [4.69, 9.17) is 0 Å². The third-order valence-electron chi connectivity index (χ3n) is 5.44. The van der Waals surface area contributed by atoms with Gasteiger partial charge in [0, 0.05) is 37.3 Å². The third kappa shape index (κ3) is 3.80. The second-order valence-corrected chi connectivity index (χ2v) is 7.30. The van der Waals surface area contributed by atoms with Gasteiger partial charge in [-0.25, -0.2) is 9.78 Å². The number of aromatic nitrogens is 1. The molecule has 2 amide bonds. The molecule has 1 aromatic heterocycles. The van der Waals surface area contributed by atoms with Gasteiger partial charge >= 0.3 is 6.03 Å². The number of carbonyl (C=O) groups is 1. The molecule has 1 saturated carbocycles. The number of nitrogens with one attached hydrogen (secondary N) is 2. The lowest BCUT2D eigenvalue weighted by molar-refractivity contribution is 0.121. The summed E-state index contributed by atoms with van der Waals surface area (Å²) in [6.07, 6.45) is 7.23. The minimum Gasteiger partial charge on any atom is -0.396 e. The van der Waals surface area contributed by atoms with Gasteiger partial charge in [-0.2, -0.15) is 0 Å². The fraction of sp³-hybridized carbons (Fsp3) is 0.667. The quantitative estimate of drug-likeness (QED) is 0.771. The Morgan fingerprint density at radius 1 is 1.38 bits per heavy atom. The van der Waals surface area contributed by atoms with Gasteiger partial charge in [-0.15, -0.1) is 0 Å². The molecular weight excluding hydrogens is 304 g/mol. The summed E-state index contributed by atoms with van der Waals surface area (Å²) in [6.45, 7) is 4.77. The van der Waals surface area contributed by atoms with Crippen LogP contribution in [-0.2, 0) is 6.54 Å². The largest absolute Gasteiger partial charge is 0.396 e. The number of aliphatic hydroxyl groups is 1. The first kappa shape index (κ1) is 17.0. The van der Waals surface area contributed by atoms with E-state index in [0.717, 1.165) is 43.7 Å². The maximum atomic E-state index is 12.1. The molecule has 1 aliphatic carbocycles. The van der Waals surface area contributed by atoms with Crippen molar-refractivity contribution in [1.82, 2.24) is 15.6 Å². The Bertz CT molecular complexity index is 557. The molecule has 0 aromatic carbocycles. The molecule has 2 heterocycles. The maximum Gasteiger partial charge on any atom is 0.315 e. The smallest absolute Gasteiger partial charge is 0.315 e. The topological polar surface area (TPSA) is 77.5 Å². The summed E-state index contributed by atoms with van der Waals surface area (Å²) >= 11 is 0. The van der Waals surface area contributed by atoms with Crippen molar-refractivity contribution >= 4 is 11.8 Å². The molecule has 132 valence electrons. The molecule has 1 aliphatic heterocycles. The molecule has 3 N–H and O–H groups in total. The second-order valence-electron chi connectivity index (χ2n) is 7.30. The molecule has 6 nitrogen and oxygen atoms in total. The van der Waals surface area contributed by atoms with Crippen molar-refractivity contribution in [2.24, 2.45) is 5.41 Å². The van der Waals surface area contributed by atoms with E-state index in [1.807, 2.05) is 25.3 Å². The first-order valence-corrected chi connectivity index (χ1v) is 8.96. The van der Waals surface area contributed by atoms with Crippen LogP contribution in [-0.4, -0.2) is 41.9 Å².